The maximum atomic E-state index is 14.3. The molecule has 1 unspecified atom stereocenters. The van der Waals surface area contributed by atoms with Crippen LogP contribution in [0.5, 0.6) is 0 Å². The summed E-state index contributed by atoms with van der Waals surface area (Å²) in [6.45, 7) is 5.09. The van der Waals surface area contributed by atoms with Crippen LogP contribution >= 0.6 is 11.6 Å². The highest BCUT2D eigenvalue weighted by Gasteiger charge is 2.38. The number of nitrogens with zero attached hydrogens (tertiary/aromatic N) is 3. The van der Waals surface area contributed by atoms with E-state index in [1.54, 1.807) is 20.8 Å². The Hall–Kier alpha value is -2.69. The first-order valence-electron chi connectivity index (χ1n) is 8.18. The van der Waals surface area contributed by atoms with Gasteiger partial charge in [0.25, 0.3) is 0 Å². The molecule has 2 heterocycles. The molecule has 1 N–H and O–H groups in total. The van der Waals surface area contributed by atoms with Crippen molar-refractivity contribution in [2.24, 2.45) is 0 Å². The van der Waals surface area contributed by atoms with Crippen molar-refractivity contribution in [3.8, 4) is 17.3 Å². The van der Waals surface area contributed by atoms with Gasteiger partial charge in [0.15, 0.2) is 6.23 Å². The molecule has 6 nitrogen and oxygen atoms in total. The molecule has 0 aliphatic carbocycles. The second-order valence-corrected chi connectivity index (χ2v) is 7.51. The van der Waals surface area contributed by atoms with Gasteiger partial charge in [0, 0.05) is 5.56 Å². The van der Waals surface area contributed by atoms with Crippen LogP contribution in [0.1, 0.15) is 43.8 Å². The predicted molar refractivity (Wildman–Crippen MR) is 96.1 cm³/mol. The van der Waals surface area contributed by atoms with Crippen LogP contribution in [0.4, 0.5) is 9.18 Å². The Morgan fingerprint density at radius 2 is 2.19 bits per heavy atom. The van der Waals surface area contributed by atoms with Crippen molar-refractivity contribution in [2.45, 2.75) is 39.1 Å². The van der Waals surface area contributed by atoms with Gasteiger partial charge in [-0.25, -0.2) is 9.18 Å². The quantitative estimate of drug-likeness (QED) is 0.791. The van der Waals surface area contributed by atoms with Gasteiger partial charge in [-0.1, -0.05) is 17.7 Å². The van der Waals surface area contributed by atoms with Gasteiger partial charge in [0.05, 0.1) is 40.2 Å². The van der Waals surface area contributed by atoms with Crippen LogP contribution in [0.3, 0.4) is 0 Å². The molecule has 1 aliphatic rings. The van der Waals surface area contributed by atoms with Gasteiger partial charge >= 0.3 is 6.09 Å². The van der Waals surface area contributed by atoms with Crippen LogP contribution in [0, 0.1) is 17.1 Å². The SMILES string of the molecule is CC(C)(C)OC(=O)N1Cc2nc(-c3c(F)cccc3C#N)cc(Cl)c2C1O. The number of hydrogen-bond acceptors (Lipinski definition) is 5. The van der Waals surface area contributed by atoms with E-state index in [2.05, 4.69) is 4.98 Å². The molecule has 2 aromatic rings. The summed E-state index contributed by atoms with van der Waals surface area (Å²) in [5.41, 5.74) is 0.148. The Balaban J connectivity index is 2.03. The summed E-state index contributed by atoms with van der Waals surface area (Å²) in [5, 5.41) is 19.9. The second kappa shape index (κ2) is 6.80. The van der Waals surface area contributed by atoms with E-state index in [9.17, 15) is 19.6 Å². The number of aromatic nitrogens is 1. The standard InChI is InChI=1S/C19H17ClFN3O3/c1-19(2,3)27-18(26)24-9-14-16(17(24)25)11(20)7-13(23-14)15-10(8-22)5-4-6-12(15)21/h4-7,17,25H,9H2,1-3H3. The largest absolute Gasteiger partial charge is 0.444 e. The Labute approximate surface area is 160 Å². The third-order valence-corrected chi connectivity index (χ3v) is 4.29. The number of rotatable bonds is 1. The van der Waals surface area contributed by atoms with Gasteiger partial charge < -0.3 is 9.84 Å². The van der Waals surface area contributed by atoms with Crippen LogP contribution in [-0.2, 0) is 11.3 Å². The highest BCUT2D eigenvalue weighted by molar-refractivity contribution is 6.31. The molecule has 0 saturated carbocycles. The summed E-state index contributed by atoms with van der Waals surface area (Å²) in [6.07, 6.45) is -2.03. The summed E-state index contributed by atoms with van der Waals surface area (Å²) < 4.78 is 19.6. The van der Waals surface area contributed by atoms with Gasteiger partial charge in [-0.15, -0.1) is 0 Å². The van der Waals surface area contributed by atoms with E-state index in [-0.39, 0.29) is 34.0 Å². The van der Waals surface area contributed by atoms with Crippen LogP contribution in [0.25, 0.3) is 11.3 Å². The fraction of sp³-hybridized carbons (Fsp3) is 0.316. The third-order valence-electron chi connectivity index (χ3n) is 3.98. The van der Waals surface area contributed by atoms with Gasteiger partial charge in [-0.3, -0.25) is 9.88 Å². The molecule has 140 valence electrons. The monoisotopic (exact) mass is 389 g/mol. The Morgan fingerprint density at radius 1 is 1.48 bits per heavy atom. The number of amides is 1. The van der Waals surface area contributed by atoms with Crippen molar-refractivity contribution in [2.75, 3.05) is 0 Å². The number of hydrogen-bond donors (Lipinski definition) is 1. The van der Waals surface area contributed by atoms with E-state index in [0.29, 0.717) is 5.69 Å². The third kappa shape index (κ3) is 3.59. The van der Waals surface area contributed by atoms with Crippen LogP contribution < -0.4 is 0 Å². The van der Waals surface area contributed by atoms with Crippen molar-refractivity contribution in [3.05, 3.63) is 51.9 Å². The minimum absolute atomic E-state index is 0.0231. The number of aliphatic hydroxyl groups excluding tert-OH is 1. The molecule has 27 heavy (non-hydrogen) atoms. The molecule has 0 radical (unpaired) electrons. The molecule has 0 spiro atoms. The van der Waals surface area contributed by atoms with Crippen LogP contribution in [0.15, 0.2) is 24.3 Å². The molecule has 0 saturated heterocycles. The van der Waals surface area contributed by atoms with Crippen molar-refractivity contribution in [3.63, 3.8) is 0 Å². The molecule has 1 amide bonds. The fourth-order valence-electron chi connectivity index (χ4n) is 2.86. The van der Waals surface area contributed by atoms with Crippen molar-refractivity contribution in [1.82, 2.24) is 9.88 Å². The lowest BCUT2D eigenvalue weighted by Crippen LogP contribution is -2.35. The fourth-order valence-corrected chi connectivity index (χ4v) is 3.17. The number of aliphatic hydroxyl groups is 1. The molecule has 0 fully saturated rings. The van der Waals surface area contributed by atoms with E-state index in [0.717, 1.165) is 4.90 Å². The molecule has 8 heteroatoms. The average Bonchev–Trinajstić information content (AvgIpc) is 2.90. The smallest absolute Gasteiger partial charge is 0.412 e. The summed E-state index contributed by atoms with van der Waals surface area (Å²) >= 11 is 6.29. The number of fused-ring (bicyclic) bond motifs is 1. The lowest BCUT2D eigenvalue weighted by Gasteiger charge is -2.26. The molecule has 3 rings (SSSR count). The lowest BCUT2D eigenvalue weighted by molar-refractivity contribution is -0.0258. The molecule has 1 aromatic heterocycles. The minimum atomic E-state index is -1.32. The number of ether oxygens (including phenoxy) is 1. The van der Waals surface area contributed by atoms with E-state index in [1.807, 2.05) is 6.07 Å². The highest BCUT2D eigenvalue weighted by Crippen LogP contribution is 2.39. The summed E-state index contributed by atoms with van der Waals surface area (Å²) in [4.78, 5) is 17.8. The average molecular weight is 390 g/mol. The molecule has 0 bridgehead atoms. The number of carbonyl (C=O) groups excluding carboxylic acids is 1. The molecule has 1 aromatic carbocycles. The van der Waals surface area contributed by atoms with Crippen LogP contribution in [-0.4, -0.2) is 26.7 Å². The van der Waals surface area contributed by atoms with Crippen molar-refractivity contribution < 1.29 is 19.0 Å². The van der Waals surface area contributed by atoms with E-state index >= 15 is 0 Å². The zero-order chi connectivity index (χ0) is 19.9. The van der Waals surface area contributed by atoms with Gasteiger partial charge in [-0.2, -0.15) is 5.26 Å². The summed E-state index contributed by atoms with van der Waals surface area (Å²) in [6, 6.07) is 7.43. The zero-order valence-corrected chi connectivity index (χ0v) is 15.7. The number of nitriles is 1. The summed E-state index contributed by atoms with van der Waals surface area (Å²) in [5.74, 6) is -0.611. The van der Waals surface area contributed by atoms with Crippen molar-refractivity contribution >= 4 is 17.7 Å². The Morgan fingerprint density at radius 3 is 2.81 bits per heavy atom. The van der Waals surface area contributed by atoms with Crippen LogP contribution in [0.2, 0.25) is 5.02 Å². The first kappa shape index (κ1) is 19.1. The highest BCUT2D eigenvalue weighted by atomic mass is 35.5. The predicted octanol–water partition coefficient (Wildman–Crippen LogP) is 4.15. The topological polar surface area (TPSA) is 86.5 Å². The van der Waals surface area contributed by atoms with Gasteiger partial charge in [0.2, 0.25) is 0 Å². The second-order valence-electron chi connectivity index (χ2n) is 7.11. The van der Waals surface area contributed by atoms with E-state index < -0.39 is 23.7 Å². The first-order chi connectivity index (χ1) is 12.6. The Bertz CT molecular complexity index is 966. The van der Waals surface area contributed by atoms with Gasteiger partial charge in [0.1, 0.15) is 11.4 Å². The maximum Gasteiger partial charge on any atom is 0.412 e. The lowest BCUT2D eigenvalue weighted by atomic mass is 10.0. The number of halogens is 2. The zero-order valence-electron chi connectivity index (χ0n) is 15.0. The van der Waals surface area contributed by atoms with E-state index in [1.165, 1.54) is 24.3 Å². The summed E-state index contributed by atoms with van der Waals surface area (Å²) in [7, 11) is 0. The molecule has 1 aliphatic heterocycles. The number of benzene rings is 1. The number of carbonyl (C=O) groups is 1. The molecular weight excluding hydrogens is 373 g/mol. The number of pyridine rings is 1. The Kier molecular flexibility index (Phi) is 4.81. The molecule has 1 atom stereocenters. The normalized spacial score (nSPS) is 16.0. The van der Waals surface area contributed by atoms with Crippen molar-refractivity contribution in [1.29, 1.82) is 5.26 Å². The van der Waals surface area contributed by atoms with E-state index in [4.69, 9.17) is 16.3 Å². The van der Waals surface area contributed by atoms with Gasteiger partial charge in [-0.05, 0) is 39.0 Å². The minimum Gasteiger partial charge on any atom is -0.444 e. The first-order valence-corrected chi connectivity index (χ1v) is 8.56. The maximum absolute atomic E-state index is 14.3. The molecular formula is C19H17ClFN3O3.